The van der Waals surface area contributed by atoms with E-state index in [0.717, 1.165) is 10.8 Å². The average molecular weight is 679 g/mol. The predicted octanol–water partition coefficient (Wildman–Crippen LogP) is 3.84. The Morgan fingerprint density at radius 2 is 1.84 bits per heavy atom. The number of carbonyl (C=O) groups is 4. The molecule has 49 heavy (non-hydrogen) atoms. The number of likely N-dealkylation sites (N-methyl/N-ethyl adjacent to an activating group) is 2. The number of fused-ring (bicyclic) bond motifs is 2. The van der Waals surface area contributed by atoms with Gasteiger partial charge in [-0.2, -0.15) is 0 Å². The fourth-order valence-electron chi connectivity index (χ4n) is 5.46. The van der Waals surface area contributed by atoms with Crippen LogP contribution in [0.2, 0.25) is 0 Å². The van der Waals surface area contributed by atoms with Crippen LogP contribution in [0, 0.1) is 0 Å². The summed E-state index contributed by atoms with van der Waals surface area (Å²) >= 11 is 0. The first-order valence-corrected chi connectivity index (χ1v) is 16.0. The summed E-state index contributed by atoms with van der Waals surface area (Å²) in [6.07, 6.45) is -0.493. The second-order valence-electron chi connectivity index (χ2n) is 12.9. The standard InChI is InChI=1S/C36H46N4O9/c1-22(39(6)35(45)49-36(2,3)4)19-37-28-21-48-31-26(32(42)38(5)16-17-41)10-9-11-29(31)40(33(28)43)20-27-25-14-12-24(34(44)47-8)18-23(25)13-15-30(27)46-7/h9-15,18,22,28,37,41H,16-17,19-21H2,1-8H3/t22-,28-/m0/s1. The highest BCUT2D eigenvalue weighted by Gasteiger charge is 2.35. The van der Waals surface area contributed by atoms with Crippen molar-refractivity contribution in [3.05, 3.63) is 65.2 Å². The Morgan fingerprint density at radius 1 is 1.10 bits per heavy atom. The molecule has 2 atom stereocenters. The number of amides is 3. The van der Waals surface area contributed by atoms with Crippen LogP contribution in [0.1, 0.15) is 54.0 Å². The van der Waals surface area contributed by atoms with Gasteiger partial charge in [0.1, 0.15) is 24.0 Å². The quantitative estimate of drug-likeness (QED) is 0.287. The van der Waals surface area contributed by atoms with E-state index in [0.29, 0.717) is 22.6 Å². The van der Waals surface area contributed by atoms with E-state index in [-0.39, 0.29) is 62.0 Å². The SMILES string of the molecule is COC(=O)c1ccc2c(CN3C(=O)[C@@H](NC[C@H](C)N(C)C(=O)OC(C)(C)C)COc4c(C(=O)N(C)CCO)cccc43)c(OC)ccc2c1. The highest BCUT2D eigenvalue weighted by molar-refractivity contribution is 6.05. The molecule has 0 aliphatic carbocycles. The molecule has 0 unspecified atom stereocenters. The Bertz CT molecular complexity index is 1700. The number of carbonyl (C=O) groups excluding carboxylic acids is 4. The molecule has 0 saturated carbocycles. The van der Waals surface area contributed by atoms with Crippen molar-refractivity contribution < 1.29 is 43.2 Å². The van der Waals surface area contributed by atoms with Gasteiger partial charge in [0.25, 0.3) is 5.91 Å². The highest BCUT2D eigenvalue weighted by Crippen LogP contribution is 2.39. The molecule has 1 heterocycles. The van der Waals surface area contributed by atoms with Crippen LogP contribution >= 0.6 is 0 Å². The molecule has 264 valence electrons. The number of anilines is 1. The lowest BCUT2D eigenvalue weighted by atomic mass is 10.00. The van der Waals surface area contributed by atoms with Gasteiger partial charge in [0.05, 0.1) is 44.2 Å². The number of ether oxygens (including phenoxy) is 4. The van der Waals surface area contributed by atoms with Crippen LogP contribution in [0.25, 0.3) is 10.8 Å². The van der Waals surface area contributed by atoms with Crippen molar-refractivity contribution in [3.8, 4) is 11.5 Å². The summed E-state index contributed by atoms with van der Waals surface area (Å²) in [4.78, 5) is 57.4. The summed E-state index contributed by atoms with van der Waals surface area (Å²) in [7, 11) is 6.06. The molecule has 1 aliphatic rings. The second kappa shape index (κ2) is 15.6. The molecule has 3 aromatic carbocycles. The van der Waals surface area contributed by atoms with E-state index in [2.05, 4.69) is 5.32 Å². The molecule has 13 nitrogen and oxygen atoms in total. The first kappa shape index (κ1) is 36.9. The smallest absolute Gasteiger partial charge is 0.410 e. The van der Waals surface area contributed by atoms with E-state index in [1.54, 1.807) is 82.2 Å². The van der Waals surface area contributed by atoms with E-state index in [1.165, 1.54) is 24.0 Å². The maximum atomic E-state index is 14.5. The van der Waals surface area contributed by atoms with Crippen molar-refractivity contribution in [1.82, 2.24) is 15.1 Å². The van der Waals surface area contributed by atoms with Crippen LogP contribution in [0.4, 0.5) is 10.5 Å². The van der Waals surface area contributed by atoms with E-state index < -0.39 is 23.7 Å². The number of esters is 1. The van der Waals surface area contributed by atoms with Crippen molar-refractivity contribution >= 4 is 40.3 Å². The number of methoxy groups -OCH3 is 2. The molecule has 3 aromatic rings. The maximum absolute atomic E-state index is 14.5. The van der Waals surface area contributed by atoms with Crippen LogP contribution in [0.5, 0.6) is 11.5 Å². The van der Waals surface area contributed by atoms with Crippen molar-refractivity contribution in [3.63, 3.8) is 0 Å². The molecule has 0 saturated heterocycles. The van der Waals surface area contributed by atoms with Gasteiger partial charge in [0.15, 0.2) is 5.75 Å². The summed E-state index contributed by atoms with van der Waals surface area (Å²) in [6.45, 7) is 7.26. The van der Waals surface area contributed by atoms with E-state index in [1.807, 2.05) is 13.0 Å². The normalized spacial score (nSPS) is 15.1. The van der Waals surface area contributed by atoms with Gasteiger partial charge in [-0.3, -0.25) is 9.59 Å². The Kier molecular flexibility index (Phi) is 11.7. The van der Waals surface area contributed by atoms with E-state index in [4.69, 9.17) is 18.9 Å². The van der Waals surface area contributed by atoms with Crippen LogP contribution in [0.3, 0.4) is 0 Å². The Morgan fingerprint density at radius 3 is 2.49 bits per heavy atom. The van der Waals surface area contributed by atoms with Gasteiger partial charge in [-0.15, -0.1) is 0 Å². The monoisotopic (exact) mass is 678 g/mol. The zero-order valence-electron chi connectivity index (χ0n) is 29.4. The van der Waals surface area contributed by atoms with Gasteiger partial charge >= 0.3 is 12.1 Å². The molecule has 0 spiro atoms. The first-order chi connectivity index (χ1) is 23.2. The third-order valence-corrected chi connectivity index (χ3v) is 8.30. The zero-order valence-corrected chi connectivity index (χ0v) is 29.4. The Labute approximate surface area is 286 Å². The number of hydrogen-bond acceptors (Lipinski definition) is 10. The lowest BCUT2D eigenvalue weighted by Gasteiger charge is -2.30. The average Bonchev–Trinajstić information content (AvgIpc) is 3.20. The van der Waals surface area contributed by atoms with E-state index in [9.17, 15) is 24.3 Å². The number of benzene rings is 3. The number of nitrogens with zero attached hydrogens (tertiary/aromatic N) is 3. The number of aliphatic hydroxyl groups is 1. The lowest BCUT2D eigenvalue weighted by molar-refractivity contribution is -0.121. The summed E-state index contributed by atoms with van der Waals surface area (Å²) in [5, 5.41) is 14.2. The van der Waals surface area contributed by atoms with Gasteiger partial charge in [0, 0.05) is 38.8 Å². The minimum absolute atomic E-state index is 0.0307. The van der Waals surface area contributed by atoms with Gasteiger partial charge in [0.2, 0.25) is 5.91 Å². The van der Waals surface area contributed by atoms with Crippen molar-refractivity contribution in [2.24, 2.45) is 0 Å². The largest absolute Gasteiger partial charge is 0.496 e. The molecule has 2 N–H and O–H groups in total. The minimum atomic E-state index is -0.869. The molecule has 3 amide bonds. The molecule has 13 heteroatoms. The fraction of sp³-hybridized carbons (Fsp3) is 0.444. The number of aliphatic hydroxyl groups excluding tert-OH is 1. The Hall–Kier alpha value is -4.88. The van der Waals surface area contributed by atoms with E-state index >= 15 is 0 Å². The van der Waals surface area contributed by atoms with Gasteiger partial charge < -0.3 is 44.1 Å². The summed E-state index contributed by atoms with van der Waals surface area (Å²) in [5.74, 6) is -0.442. The zero-order chi connectivity index (χ0) is 36.0. The molecule has 0 radical (unpaired) electrons. The van der Waals surface area contributed by atoms with Crippen molar-refractivity contribution in [1.29, 1.82) is 0 Å². The molecule has 0 fully saturated rings. The summed E-state index contributed by atoms with van der Waals surface area (Å²) < 4.78 is 22.4. The second-order valence-corrected chi connectivity index (χ2v) is 12.9. The van der Waals surface area contributed by atoms with Gasteiger partial charge in [-0.05, 0) is 68.8 Å². The summed E-state index contributed by atoms with van der Waals surface area (Å²) in [6, 6.07) is 12.5. The lowest BCUT2D eigenvalue weighted by Crippen LogP contribution is -2.52. The highest BCUT2D eigenvalue weighted by atomic mass is 16.6. The third kappa shape index (κ3) is 8.41. The van der Waals surface area contributed by atoms with Crippen molar-refractivity contribution in [2.75, 3.05) is 59.5 Å². The minimum Gasteiger partial charge on any atom is -0.496 e. The predicted molar refractivity (Wildman–Crippen MR) is 184 cm³/mol. The molecule has 0 bridgehead atoms. The molecular formula is C36H46N4O9. The number of rotatable bonds is 11. The van der Waals surface area contributed by atoms with Gasteiger partial charge in [-0.1, -0.05) is 18.2 Å². The number of para-hydroxylation sites is 1. The molecule has 0 aromatic heterocycles. The first-order valence-electron chi connectivity index (χ1n) is 16.0. The fourth-order valence-corrected chi connectivity index (χ4v) is 5.46. The summed E-state index contributed by atoms with van der Waals surface area (Å²) in [5.41, 5.74) is 0.989. The Balaban J connectivity index is 1.76. The van der Waals surface area contributed by atoms with Crippen LogP contribution in [0.15, 0.2) is 48.5 Å². The number of nitrogens with one attached hydrogen (secondary N) is 1. The topological polar surface area (TPSA) is 147 Å². The van der Waals surface area contributed by atoms with Gasteiger partial charge in [-0.25, -0.2) is 9.59 Å². The van der Waals surface area contributed by atoms with Crippen LogP contribution in [-0.4, -0.2) is 111 Å². The van der Waals surface area contributed by atoms with Crippen LogP contribution in [-0.2, 0) is 20.8 Å². The number of hydrogen-bond donors (Lipinski definition) is 2. The van der Waals surface area contributed by atoms with Crippen molar-refractivity contribution in [2.45, 2.75) is 51.9 Å². The molecule has 4 rings (SSSR count). The van der Waals surface area contributed by atoms with Crippen LogP contribution < -0.4 is 19.7 Å². The molecular weight excluding hydrogens is 632 g/mol. The molecule has 1 aliphatic heterocycles. The maximum Gasteiger partial charge on any atom is 0.410 e. The third-order valence-electron chi connectivity index (χ3n) is 8.30.